The zero-order valence-electron chi connectivity index (χ0n) is 12.2. The lowest BCUT2D eigenvalue weighted by Gasteiger charge is -2.31. The zero-order chi connectivity index (χ0) is 14.5. The molecule has 1 fully saturated rings. The van der Waals surface area contributed by atoms with E-state index >= 15 is 0 Å². The maximum absolute atomic E-state index is 10.0. The smallest absolute Gasteiger partial charge is 0.191 e. The molecule has 1 atom stereocenters. The van der Waals surface area contributed by atoms with Gasteiger partial charge >= 0.3 is 0 Å². The molecule has 20 heavy (non-hydrogen) atoms. The number of aliphatic imine (C=N–C) groups is 1. The van der Waals surface area contributed by atoms with Gasteiger partial charge in [-0.2, -0.15) is 0 Å². The fourth-order valence-electron chi connectivity index (χ4n) is 2.52. The number of piperidine rings is 1. The van der Waals surface area contributed by atoms with Crippen molar-refractivity contribution in [3.63, 3.8) is 0 Å². The molecule has 0 spiro atoms. The average Bonchev–Trinajstić information content (AvgIpc) is 2.46. The Hall–Kier alpha value is -1.91. The van der Waals surface area contributed by atoms with E-state index < -0.39 is 0 Å². The van der Waals surface area contributed by atoms with E-state index in [0.29, 0.717) is 24.2 Å². The monoisotopic (exact) mass is 277 g/mol. The molecule has 1 unspecified atom stereocenters. The lowest BCUT2D eigenvalue weighted by Crippen LogP contribution is -2.43. The predicted molar refractivity (Wildman–Crippen MR) is 80.0 cm³/mol. The average molecular weight is 277 g/mol. The van der Waals surface area contributed by atoms with Crippen molar-refractivity contribution in [3.05, 3.63) is 23.8 Å². The van der Waals surface area contributed by atoms with Crippen LogP contribution in [0, 0.1) is 5.92 Å². The summed E-state index contributed by atoms with van der Waals surface area (Å²) in [4.78, 5) is 6.51. The van der Waals surface area contributed by atoms with Gasteiger partial charge < -0.3 is 20.5 Å². The Balaban J connectivity index is 2.05. The Morgan fingerprint density at radius 2 is 2.35 bits per heavy atom. The molecule has 0 saturated carbocycles. The van der Waals surface area contributed by atoms with Crippen LogP contribution in [0.2, 0.25) is 0 Å². The van der Waals surface area contributed by atoms with Crippen LogP contribution in [-0.4, -0.2) is 36.2 Å². The number of rotatable bonds is 3. The minimum absolute atomic E-state index is 0.138. The number of phenolic OH excluding ortho intramolecular Hbond substituents is 1. The first-order valence-corrected chi connectivity index (χ1v) is 7.01. The normalized spacial score (nSPS) is 20.0. The highest BCUT2D eigenvalue weighted by Crippen LogP contribution is 2.29. The molecular weight excluding hydrogens is 254 g/mol. The highest BCUT2D eigenvalue weighted by atomic mass is 16.5. The number of benzene rings is 1. The quantitative estimate of drug-likeness (QED) is 0.654. The molecule has 0 radical (unpaired) electrons. The number of ether oxygens (including phenoxy) is 1. The van der Waals surface area contributed by atoms with Crippen LogP contribution in [0.4, 0.5) is 0 Å². The molecule has 1 aromatic carbocycles. The van der Waals surface area contributed by atoms with E-state index in [1.54, 1.807) is 6.07 Å². The third-order valence-corrected chi connectivity index (χ3v) is 3.69. The molecule has 1 saturated heterocycles. The molecule has 1 aliphatic heterocycles. The second-order valence-corrected chi connectivity index (χ2v) is 5.34. The number of hydrogen-bond donors (Lipinski definition) is 2. The first kappa shape index (κ1) is 14.5. The van der Waals surface area contributed by atoms with E-state index in [1.165, 1.54) is 13.5 Å². The van der Waals surface area contributed by atoms with E-state index in [-0.39, 0.29) is 5.75 Å². The highest BCUT2D eigenvalue weighted by Gasteiger charge is 2.17. The van der Waals surface area contributed by atoms with Gasteiger partial charge in [-0.3, -0.25) is 0 Å². The van der Waals surface area contributed by atoms with E-state index in [0.717, 1.165) is 25.1 Å². The second kappa shape index (κ2) is 6.50. The maximum Gasteiger partial charge on any atom is 0.191 e. The van der Waals surface area contributed by atoms with Gasteiger partial charge in [0.25, 0.3) is 0 Å². The molecule has 5 nitrogen and oxygen atoms in total. The van der Waals surface area contributed by atoms with Crippen LogP contribution in [0.3, 0.4) is 0 Å². The van der Waals surface area contributed by atoms with Crippen molar-refractivity contribution in [3.8, 4) is 11.5 Å². The van der Waals surface area contributed by atoms with E-state index in [1.807, 2.05) is 12.1 Å². The minimum Gasteiger partial charge on any atom is -0.504 e. The van der Waals surface area contributed by atoms with Gasteiger partial charge in [0.15, 0.2) is 17.5 Å². The van der Waals surface area contributed by atoms with Gasteiger partial charge in [0.2, 0.25) is 0 Å². The van der Waals surface area contributed by atoms with Crippen LogP contribution >= 0.6 is 0 Å². The lowest BCUT2D eigenvalue weighted by molar-refractivity contribution is 0.270. The molecule has 3 N–H and O–H groups in total. The van der Waals surface area contributed by atoms with Gasteiger partial charge in [0.05, 0.1) is 13.7 Å². The molecule has 0 bridgehead atoms. The fourth-order valence-corrected chi connectivity index (χ4v) is 2.52. The van der Waals surface area contributed by atoms with Crippen LogP contribution in [0.25, 0.3) is 0 Å². The summed E-state index contributed by atoms with van der Waals surface area (Å²) in [5, 5.41) is 10.0. The Kier molecular flexibility index (Phi) is 4.71. The number of hydrogen-bond acceptors (Lipinski definition) is 3. The number of phenols is 1. The molecule has 1 heterocycles. The van der Waals surface area contributed by atoms with E-state index in [4.69, 9.17) is 10.5 Å². The van der Waals surface area contributed by atoms with Crippen molar-refractivity contribution >= 4 is 5.96 Å². The van der Waals surface area contributed by atoms with Crippen molar-refractivity contribution in [1.29, 1.82) is 0 Å². The van der Waals surface area contributed by atoms with Crippen LogP contribution in [0.15, 0.2) is 23.2 Å². The van der Waals surface area contributed by atoms with E-state index in [9.17, 15) is 5.11 Å². The summed E-state index contributed by atoms with van der Waals surface area (Å²) >= 11 is 0. The van der Waals surface area contributed by atoms with Crippen molar-refractivity contribution < 1.29 is 9.84 Å². The third-order valence-electron chi connectivity index (χ3n) is 3.69. The molecule has 110 valence electrons. The van der Waals surface area contributed by atoms with Crippen molar-refractivity contribution in [2.45, 2.75) is 26.3 Å². The fraction of sp³-hybridized carbons (Fsp3) is 0.533. The van der Waals surface area contributed by atoms with Crippen LogP contribution in [-0.2, 0) is 6.54 Å². The van der Waals surface area contributed by atoms with Crippen LogP contribution in [0.5, 0.6) is 11.5 Å². The molecule has 0 aliphatic carbocycles. The Morgan fingerprint density at radius 3 is 3.05 bits per heavy atom. The topological polar surface area (TPSA) is 71.1 Å². The van der Waals surface area contributed by atoms with Crippen molar-refractivity contribution in [1.82, 2.24) is 4.90 Å². The largest absolute Gasteiger partial charge is 0.504 e. The minimum atomic E-state index is 0.138. The van der Waals surface area contributed by atoms with Gasteiger partial charge in [-0.25, -0.2) is 4.99 Å². The number of nitrogens with zero attached hydrogens (tertiary/aromatic N) is 2. The Labute approximate surface area is 120 Å². The summed E-state index contributed by atoms with van der Waals surface area (Å²) in [6.45, 7) is 4.51. The summed E-state index contributed by atoms with van der Waals surface area (Å²) in [6, 6.07) is 5.38. The number of para-hydroxylation sites is 1. The lowest BCUT2D eigenvalue weighted by atomic mass is 10.0. The molecule has 2 rings (SSSR count). The first-order valence-electron chi connectivity index (χ1n) is 7.01. The second-order valence-electron chi connectivity index (χ2n) is 5.34. The van der Waals surface area contributed by atoms with Crippen LogP contribution < -0.4 is 10.5 Å². The number of guanidine groups is 1. The third kappa shape index (κ3) is 3.35. The molecule has 5 heteroatoms. The summed E-state index contributed by atoms with van der Waals surface area (Å²) in [5.74, 6) is 1.81. The SMILES string of the molecule is COc1cccc(CN=C(N)N2CCCC(C)C2)c1O. The maximum atomic E-state index is 10.0. The van der Waals surface area contributed by atoms with Gasteiger partial charge in [-0.1, -0.05) is 19.1 Å². The van der Waals surface area contributed by atoms with Gasteiger partial charge in [0, 0.05) is 18.7 Å². The van der Waals surface area contributed by atoms with Gasteiger partial charge in [-0.05, 0) is 24.8 Å². The van der Waals surface area contributed by atoms with Gasteiger partial charge in [-0.15, -0.1) is 0 Å². The number of likely N-dealkylation sites (tertiary alicyclic amines) is 1. The Bertz CT molecular complexity index is 488. The summed E-state index contributed by atoms with van der Waals surface area (Å²) in [6.07, 6.45) is 2.41. The van der Waals surface area contributed by atoms with Gasteiger partial charge in [0.1, 0.15) is 0 Å². The van der Waals surface area contributed by atoms with Crippen molar-refractivity contribution in [2.75, 3.05) is 20.2 Å². The Morgan fingerprint density at radius 1 is 1.55 bits per heavy atom. The molecular formula is C15H23N3O2. The van der Waals surface area contributed by atoms with Crippen molar-refractivity contribution in [2.24, 2.45) is 16.6 Å². The standard InChI is InChI=1S/C15H23N3O2/c1-11-5-4-8-18(10-11)15(16)17-9-12-6-3-7-13(20-2)14(12)19/h3,6-7,11,19H,4-5,8-10H2,1-2H3,(H2,16,17). The number of nitrogens with two attached hydrogens (primary N) is 1. The molecule has 1 aliphatic rings. The highest BCUT2D eigenvalue weighted by molar-refractivity contribution is 5.78. The van der Waals surface area contributed by atoms with E-state index in [2.05, 4.69) is 16.8 Å². The number of aromatic hydroxyl groups is 1. The predicted octanol–water partition coefficient (Wildman–Crippen LogP) is 1.95. The number of methoxy groups -OCH3 is 1. The van der Waals surface area contributed by atoms with Crippen LogP contribution in [0.1, 0.15) is 25.3 Å². The summed E-state index contributed by atoms with van der Waals surface area (Å²) in [5.41, 5.74) is 6.76. The zero-order valence-corrected chi connectivity index (χ0v) is 12.2. The first-order chi connectivity index (χ1) is 9.61. The molecule has 1 aromatic rings. The molecule has 0 amide bonds. The summed E-state index contributed by atoms with van der Waals surface area (Å²) in [7, 11) is 1.53. The summed E-state index contributed by atoms with van der Waals surface area (Å²) < 4.78 is 5.08. The molecule has 0 aromatic heterocycles.